The normalized spacial score (nSPS) is 16.0. The lowest BCUT2D eigenvalue weighted by Crippen LogP contribution is -2.44. The van der Waals surface area contributed by atoms with Crippen LogP contribution in [0.4, 0.5) is 26.2 Å². The first-order valence-electron chi connectivity index (χ1n) is 9.47. The van der Waals surface area contributed by atoms with E-state index in [1.165, 1.54) is 36.4 Å². The molecule has 0 aromatic heterocycles. The van der Waals surface area contributed by atoms with E-state index in [2.05, 4.69) is 10.6 Å². The maximum absolute atomic E-state index is 13.2. The molecular formula is C20H22FN5O4. The second-order valence-electron chi connectivity index (χ2n) is 7.14. The molecule has 1 fully saturated rings. The van der Waals surface area contributed by atoms with Gasteiger partial charge >= 0.3 is 6.03 Å². The Morgan fingerprint density at radius 2 is 2.07 bits per heavy atom. The van der Waals surface area contributed by atoms with Crippen molar-refractivity contribution in [3.05, 3.63) is 64.0 Å². The molecule has 4 N–H and O–H groups in total. The van der Waals surface area contributed by atoms with E-state index in [0.29, 0.717) is 25.3 Å². The number of nitrogens with two attached hydrogens (primary N) is 1. The van der Waals surface area contributed by atoms with E-state index in [0.717, 1.165) is 12.8 Å². The molecule has 0 radical (unpaired) electrons. The van der Waals surface area contributed by atoms with Crippen LogP contribution in [-0.4, -0.2) is 41.4 Å². The quantitative estimate of drug-likeness (QED) is 0.393. The number of amides is 3. The Hall–Kier alpha value is -3.69. The summed E-state index contributed by atoms with van der Waals surface area (Å²) < 4.78 is 13.2. The minimum atomic E-state index is -0.619. The fourth-order valence-corrected chi connectivity index (χ4v) is 3.41. The highest BCUT2D eigenvalue weighted by molar-refractivity contribution is 5.95. The number of piperidine rings is 1. The molecular weight excluding hydrogens is 393 g/mol. The number of halogens is 1. The molecule has 2 aromatic rings. The van der Waals surface area contributed by atoms with Crippen molar-refractivity contribution in [2.75, 3.05) is 30.7 Å². The van der Waals surface area contributed by atoms with Crippen LogP contribution in [0.25, 0.3) is 0 Å². The van der Waals surface area contributed by atoms with Crippen molar-refractivity contribution in [2.24, 2.45) is 5.92 Å². The molecule has 30 heavy (non-hydrogen) atoms. The largest absolute Gasteiger partial charge is 0.393 e. The molecule has 9 nitrogen and oxygen atoms in total. The van der Waals surface area contributed by atoms with Crippen molar-refractivity contribution >= 4 is 29.0 Å². The zero-order valence-electron chi connectivity index (χ0n) is 16.1. The van der Waals surface area contributed by atoms with Gasteiger partial charge in [0.05, 0.1) is 4.92 Å². The van der Waals surface area contributed by atoms with E-state index in [1.54, 1.807) is 11.0 Å². The first-order chi connectivity index (χ1) is 14.3. The van der Waals surface area contributed by atoms with Crippen LogP contribution in [0.5, 0.6) is 0 Å². The molecule has 1 heterocycles. The number of nitrogens with one attached hydrogen (secondary N) is 2. The molecule has 0 aliphatic carbocycles. The van der Waals surface area contributed by atoms with Crippen LogP contribution in [-0.2, 0) is 0 Å². The lowest BCUT2D eigenvalue weighted by Gasteiger charge is -2.33. The Morgan fingerprint density at radius 1 is 1.27 bits per heavy atom. The third kappa shape index (κ3) is 5.22. The molecule has 1 aliphatic rings. The molecule has 1 unspecified atom stereocenters. The van der Waals surface area contributed by atoms with Gasteiger partial charge in [0.2, 0.25) is 0 Å². The van der Waals surface area contributed by atoms with Crippen LogP contribution in [0.3, 0.4) is 0 Å². The smallest absolute Gasteiger partial charge is 0.319 e. The van der Waals surface area contributed by atoms with Crippen LogP contribution < -0.4 is 16.4 Å². The first-order valence-corrected chi connectivity index (χ1v) is 9.47. The van der Waals surface area contributed by atoms with E-state index in [9.17, 15) is 24.1 Å². The number of urea groups is 1. The average Bonchev–Trinajstić information content (AvgIpc) is 2.72. The number of anilines is 2. The predicted octanol–water partition coefficient (Wildman–Crippen LogP) is 2.99. The lowest BCUT2D eigenvalue weighted by molar-refractivity contribution is -0.383. The minimum Gasteiger partial charge on any atom is -0.393 e. The monoisotopic (exact) mass is 415 g/mol. The van der Waals surface area contributed by atoms with Gasteiger partial charge in [-0.2, -0.15) is 0 Å². The zero-order valence-corrected chi connectivity index (χ0v) is 16.1. The summed E-state index contributed by atoms with van der Waals surface area (Å²) in [6, 6.07) is 9.12. The summed E-state index contributed by atoms with van der Waals surface area (Å²) in [5, 5.41) is 16.4. The number of carbonyl (C=O) groups excluding carboxylic acids is 2. The molecule has 1 aliphatic heterocycles. The Morgan fingerprint density at radius 3 is 2.80 bits per heavy atom. The van der Waals surface area contributed by atoms with Crippen LogP contribution in [0.2, 0.25) is 0 Å². The fourth-order valence-electron chi connectivity index (χ4n) is 3.41. The molecule has 158 valence electrons. The van der Waals surface area contributed by atoms with Gasteiger partial charge in [0, 0.05) is 37.0 Å². The third-order valence-corrected chi connectivity index (χ3v) is 4.91. The van der Waals surface area contributed by atoms with Crippen molar-refractivity contribution in [1.82, 2.24) is 10.2 Å². The Labute approximate surface area is 172 Å². The van der Waals surface area contributed by atoms with E-state index in [-0.39, 0.29) is 28.8 Å². The highest BCUT2D eigenvalue weighted by atomic mass is 19.1. The highest BCUT2D eigenvalue weighted by Gasteiger charge is 2.26. The molecule has 0 spiro atoms. The number of likely N-dealkylation sites (tertiary alicyclic amines) is 1. The van der Waals surface area contributed by atoms with Gasteiger partial charge in [-0.1, -0.05) is 6.07 Å². The van der Waals surface area contributed by atoms with Crippen molar-refractivity contribution in [1.29, 1.82) is 0 Å². The van der Waals surface area contributed by atoms with Gasteiger partial charge in [0.15, 0.2) is 0 Å². The number of nitro groups is 1. The number of nitro benzene ring substituents is 1. The number of nitrogens with zero attached hydrogens (tertiary/aromatic N) is 2. The number of hydrogen-bond acceptors (Lipinski definition) is 5. The van der Waals surface area contributed by atoms with Crippen molar-refractivity contribution in [2.45, 2.75) is 12.8 Å². The third-order valence-electron chi connectivity index (χ3n) is 4.91. The molecule has 0 saturated carbocycles. The molecule has 1 atom stereocenters. The Kier molecular flexibility index (Phi) is 6.45. The molecule has 3 rings (SSSR count). The number of nitrogen functional groups attached to an aromatic ring is 1. The number of hydrogen-bond donors (Lipinski definition) is 3. The van der Waals surface area contributed by atoms with Gasteiger partial charge in [0.1, 0.15) is 11.5 Å². The lowest BCUT2D eigenvalue weighted by atomic mass is 9.97. The summed E-state index contributed by atoms with van der Waals surface area (Å²) >= 11 is 0. The molecule has 1 saturated heterocycles. The maximum atomic E-state index is 13.2. The SMILES string of the molecule is Nc1ccc(C(=O)N2CCCC(CNC(=O)Nc3cccc(F)c3)C2)cc1[N+](=O)[O-]. The fraction of sp³-hybridized carbons (Fsp3) is 0.300. The summed E-state index contributed by atoms with van der Waals surface area (Å²) in [6.07, 6.45) is 1.58. The van der Waals surface area contributed by atoms with E-state index in [1.807, 2.05) is 0 Å². The standard InChI is InChI=1S/C20H22FN5O4/c21-15-4-1-5-16(10-15)24-20(28)23-11-13-3-2-8-25(12-13)19(27)14-6-7-17(22)18(9-14)26(29)30/h1,4-7,9-10,13H,2-3,8,11-12,22H2,(H2,23,24,28). The summed E-state index contributed by atoms with van der Waals surface area (Å²) in [6.45, 7) is 1.28. The minimum absolute atomic E-state index is 0.00146. The van der Waals surface area contributed by atoms with Crippen molar-refractivity contribution in [3.63, 3.8) is 0 Å². The number of rotatable bonds is 5. The summed E-state index contributed by atoms with van der Waals surface area (Å²) in [7, 11) is 0. The van der Waals surface area contributed by atoms with Gasteiger partial charge < -0.3 is 21.3 Å². The second kappa shape index (κ2) is 9.21. The summed E-state index contributed by atoms with van der Waals surface area (Å²) in [4.78, 5) is 36.9. The number of carbonyl (C=O) groups is 2. The van der Waals surface area contributed by atoms with E-state index >= 15 is 0 Å². The maximum Gasteiger partial charge on any atom is 0.319 e. The molecule has 2 aromatic carbocycles. The van der Waals surface area contributed by atoms with Gasteiger partial charge in [-0.3, -0.25) is 14.9 Å². The molecule has 10 heteroatoms. The Bertz CT molecular complexity index is 968. The van der Waals surface area contributed by atoms with Crippen LogP contribution in [0, 0.1) is 21.8 Å². The van der Waals surface area contributed by atoms with Gasteiger partial charge in [-0.15, -0.1) is 0 Å². The Balaban J connectivity index is 1.56. The summed E-state index contributed by atoms with van der Waals surface area (Å²) in [5.41, 5.74) is 5.84. The van der Waals surface area contributed by atoms with E-state index in [4.69, 9.17) is 5.73 Å². The second-order valence-corrected chi connectivity index (χ2v) is 7.14. The van der Waals surface area contributed by atoms with E-state index < -0.39 is 16.8 Å². The van der Waals surface area contributed by atoms with Crippen LogP contribution in [0.15, 0.2) is 42.5 Å². The van der Waals surface area contributed by atoms with Crippen LogP contribution in [0.1, 0.15) is 23.2 Å². The zero-order chi connectivity index (χ0) is 21.7. The van der Waals surface area contributed by atoms with Crippen molar-refractivity contribution < 1.29 is 18.9 Å². The van der Waals surface area contributed by atoms with Crippen LogP contribution >= 0.6 is 0 Å². The average molecular weight is 415 g/mol. The molecule has 3 amide bonds. The van der Waals surface area contributed by atoms with Gasteiger partial charge in [-0.05, 0) is 49.1 Å². The van der Waals surface area contributed by atoms with Gasteiger partial charge in [-0.25, -0.2) is 9.18 Å². The van der Waals surface area contributed by atoms with Gasteiger partial charge in [0.25, 0.3) is 11.6 Å². The predicted molar refractivity (Wildman–Crippen MR) is 110 cm³/mol. The highest BCUT2D eigenvalue weighted by Crippen LogP contribution is 2.25. The molecule has 0 bridgehead atoms. The topological polar surface area (TPSA) is 131 Å². The van der Waals surface area contributed by atoms with Crippen molar-refractivity contribution in [3.8, 4) is 0 Å². The summed E-state index contributed by atoms with van der Waals surface area (Å²) in [5.74, 6) is -0.728. The number of benzene rings is 2. The first kappa shape index (κ1) is 21.0.